The molecule has 1 aromatic rings. The third kappa shape index (κ3) is 2.97. The van der Waals surface area contributed by atoms with Crippen molar-refractivity contribution >= 4 is 15.9 Å². The highest BCUT2D eigenvalue weighted by Crippen LogP contribution is 2.38. The molecule has 21 heavy (non-hydrogen) atoms. The number of nitrogens with zero attached hydrogens (tertiary/aromatic N) is 1. The molecule has 3 rings (SSSR count). The molecule has 0 spiro atoms. The first kappa shape index (κ1) is 15.3. The van der Waals surface area contributed by atoms with Crippen LogP contribution in [0.2, 0.25) is 0 Å². The van der Waals surface area contributed by atoms with Crippen LogP contribution in [0.3, 0.4) is 0 Å². The summed E-state index contributed by atoms with van der Waals surface area (Å²) in [5, 5.41) is 0. The highest BCUT2D eigenvalue weighted by atomic mass is 79.9. The van der Waals surface area contributed by atoms with Gasteiger partial charge in [0.15, 0.2) is 0 Å². The van der Waals surface area contributed by atoms with Crippen molar-refractivity contribution in [2.75, 3.05) is 26.8 Å². The predicted molar refractivity (Wildman–Crippen MR) is 86.6 cm³/mol. The van der Waals surface area contributed by atoms with Crippen LogP contribution in [0.15, 0.2) is 22.7 Å². The molecule has 1 saturated heterocycles. The van der Waals surface area contributed by atoms with E-state index in [0.717, 1.165) is 23.4 Å². The van der Waals surface area contributed by atoms with E-state index in [1.54, 1.807) is 7.11 Å². The van der Waals surface area contributed by atoms with Gasteiger partial charge >= 0.3 is 0 Å². The molecule has 2 N–H and O–H groups in total. The topological polar surface area (TPSA) is 47.7 Å². The quantitative estimate of drug-likeness (QED) is 0.902. The lowest BCUT2D eigenvalue weighted by Gasteiger charge is -2.42. The van der Waals surface area contributed by atoms with Crippen LogP contribution in [-0.2, 0) is 4.74 Å². The van der Waals surface area contributed by atoms with Crippen LogP contribution in [-0.4, -0.2) is 43.9 Å². The van der Waals surface area contributed by atoms with E-state index in [0.29, 0.717) is 18.7 Å². The Labute approximate surface area is 134 Å². The van der Waals surface area contributed by atoms with Gasteiger partial charge in [0.1, 0.15) is 5.75 Å². The molecule has 2 aliphatic rings. The number of morpholine rings is 1. The Balaban J connectivity index is 1.92. The minimum Gasteiger partial charge on any atom is -0.496 e. The highest BCUT2D eigenvalue weighted by Gasteiger charge is 2.39. The average molecular weight is 355 g/mol. The summed E-state index contributed by atoms with van der Waals surface area (Å²) in [5.41, 5.74) is 7.31. The second kappa shape index (κ2) is 6.65. The summed E-state index contributed by atoms with van der Waals surface area (Å²) >= 11 is 3.56. The van der Waals surface area contributed by atoms with Crippen LogP contribution < -0.4 is 10.5 Å². The van der Waals surface area contributed by atoms with Crippen LogP contribution in [0.5, 0.6) is 5.75 Å². The van der Waals surface area contributed by atoms with Gasteiger partial charge in [-0.3, -0.25) is 4.90 Å². The molecule has 0 radical (unpaired) electrons. The maximum atomic E-state index is 6.14. The number of hydrogen-bond acceptors (Lipinski definition) is 4. The fourth-order valence-electron chi connectivity index (χ4n) is 3.75. The van der Waals surface area contributed by atoms with Gasteiger partial charge in [-0.2, -0.15) is 0 Å². The fourth-order valence-corrected chi connectivity index (χ4v) is 4.13. The largest absolute Gasteiger partial charge is 0.496 e. The van der Waals surface area contributed by atoms with Gasteiger partial charge in [-0.15, -0.1) is 0 Å². The van der Waals surface area contributed by atoms with Crippen molar-refractivity contribution in [1.29, 1.82) is 0 Å². The third-order valence-electron chi connectivity index (χ3n) is 4.70. The standard InChI is InChI=1S/C16H23BrN2O2/c1-20-15-6-5-11(17)9-12(15)14(10-18)19-7-8-21-16-4-2-3-13(16)19/h5-6,9,13-14,16H,2-4,7-8,10,18H2,1H3. The van der Waals surface area contributed by atoms with Gasteiger partial charge < -0.3 is 15.2 Å². The molecule has 4 nitrogen and oxygen atoms in total. The number of nitrogens with two attached hydrogens (primary N) is 1. The Morgan fingerprint density at radius 2 is 2.33 bits per heavy atom. The van der Waals surface area contributed by atoms with Crippen LogP contribution in [0.1, 0.15) is 30.9 Å². The van der Waals surface area contributed by atoms with E-state index in [2.05, 4.69) is 26.9 Å². The van der Waals surface area contributed by atoms with E-state index < -0.39 is 0 Å². The van der Waals surface area contributed by atoms with Crippen molar-refractivity contribution in [2.45, 2.75) is 37.5 Å². The smallest absolute Gasteiger partial charge is 0.123 e. The van der Waals surface area contributed by atoms with E-state index in [1.165, 1.54) is 24.8 Å². The van der Waals surface area contributed by atoms with Crippen molar-refractivity contribution in [3.63, 3.8) is 0 Å². The number of methoxy groups -OCH3 is 1. The first-order valence-corrected chi connectivity index (χ1v) is 8.44. The first-order valence-electron chi connectivity index (χ1n) is 7.65. The van der Waals surface area contributed by atoms with Crippen molar-refractivity contribution in [3.8, 4) is 5.75 Å². The van der Waals surface area contributed by atoms with Crippen molar-refractivity contribution in [3.05, 3.63) is 28.2 Å². The number of benzene rings is 1. The van der Waals surface area contributed by atoms with Crippen molar-refractivity contribution < 1.29 is 9.47 Å². The molecule has 3 atom stereocenters. The van der Waals surface area contributed by atoms with Gasteiger partial charge in [0.2, 0.25) is 0 Å². The average Bonchev–Trinajstić information content (AvgIpc) is 2.97. The molecule has 1 heterocycles. The second-order valence-corrected chi connectivity index (χ2v) is 6.70. The number of ether oxygens (including phenoxy) is 2. The van der Waals surface area contributed by atoms with Gasteiger partial charge in [-0.05, 0) is 37.5 Å². The normalized spacial score (nSPS) is 27.4. The Bertz CT molecular complexity index is 497. The predicted octanol–water partition coefficient (Wildman–Crippen LogP) is 2.71. The summed E-state index contributed by atoms with van der Waals surface area (Å²) in [4.78, 5) is 2.53. The molecule has 0 amide bonds. The van der Waals surface area contributed by atoms with E-state index in [9.17, 15) is 0 Å². The van der Waals surface area contributed by atoms with Crippen LogP contribution in [0, 0.1) is 0 Å². The van der Waals surface area contributed by atoms with Gasteiger partial charge in [-0.25, -0.2) is 0 Å². The molecule has 5 heteroatoms. The minimum atomic E-state index is 0.187. The molecule has 1 aliphatic heterocycles. The summed E-state index contributed by atoms with van der Waals surface area (Å²) in [7, 11) is 1.72. The lowest BCUT2D eigenvalue weighted by Crippen LogP contribution is -2.51. The molecule has 1 aromatic carbocycles. The Morgan fingerprint density at radius 3 is 3.10 bits per heavy atom. The van der Waals surface area contributed by atoms with Gasteiger partial charge in [0.05, 0.1) is 25.9 Å². The van der Waals surface area contributed by atoms with E-state index in [-0.39, 0.29) is 6.04 Å². The second-order valence-electron chi connectivity index (χ2n) is 5.78. The molecule has 0 aromatic heterocycles. The lowest BCUT2D eigenvalue weighted by molar-refractivity contribution is -0.0713. The fraction of sp³-hybridized carbons (Fsp3) is 0.625. The maximum absolute atomic E-state index is 6.14. The third-order valence-corrected chi connectivity index (χ3v) is 5.19. The molecule has 116 valence electrons. The van der Waals surface area contributed by atoms with E-state index >= 15 is 0 Å². The zero-order valence-corrected chi connectivity index (χ0v) is 14.0. The zero-order chi connectivity index (χ0) is 14.8. The summed E-state index contributed by atoms with van der Waals surface area (Å²) in [6.45, 7) is 2.34. The molecule has 3 unspecified atom stereocenters. The Morgan fingerprint density at radius 1 is 1.48 bits per heavy atom. The van der Waals surface area contributed by atoms with Crippen LogP contribution in [0.25, 0.3) is 0 Å². The van der Waals surface area contributed by atoms with Crippen LogP contribution in [0.4, 0.5) is 0 Å². The summed E-state index contributed by atoms with van der Waals surface area (Å²) in [5.74, 6) is 0.912. The Kier molecular flexibility index (Phi) is 4.84. The molecule has 1 aliphatic carbocycles. The Hall–Kier alpha value is -0.620. The first-order chi connectivity index (χ1) is 10.2. The van der Waals surface area contributed by atoms with Crippen molar-refractivity contribution in [2.24, 2.45) is 5.73 Å². The van der Waals surface area contributed by atoms with Crippen LogP contribution >= 0.6 is 15.9 Å². The molecule has 2 fully saturated rings. The maximum Gasteiger partial charge on any atom is 0.123 e. The minimum absolute atomic E-state index is 0.187. The lowest BCUT2D eigenvalue weighted by atomic mass is 9.99. The number of hydrogen-bond donors (Lipinski definition) is 1. The van der Waals surface area contributed by atoms with Gasteiger partial charge in [0, 0.05) is 29.2 Å². The van der Waals surface area contributed by atoms with E-state index in [4.69, 9.17) is 15.2 Å². The number of halogens is 1. The number of rotatable bonds is 4. The highest BCUT2D eigenvalue weighted by molar-refractivity contribution is 9.10. The molecule has 0 bridgehead atoms. The monoisotopic (exact) mass is 354 g/mol. The molecule has 1 saturated carbocycles. The van der Waals surface area contributed by atoms with E-state index in [1.807, 2.05) is 12.1 Å². The summed E-state index contributed by atoms with van der Waals surface area (Å²) < 4.78 is 12.5. The van der Waals surface area contributed by atoms with Crippen molar-refractivity contribution in [1.82, 2.24) is 4.90 Å². The van der Waals surface area contributed by atoms with Gasteiger partial charge in [0.25, 0.3) is 0 Å². The zero-order valence-electron chi connectivity index (χ0n) is 12.4. The summed E-state index contributed by atoms with van der Waals surface area (Å²) in [6.07, 6.45) is 4.01. The van der Waals surface area contributed by atoms with Gasteiger partial charge in [-0.1, -0.05) is 15.9 Å². The number of fused-ring (bicyclic) bond motifs is 1. The summed E-state index contributed by atoms with van der Waals surface area (Å²) in [6, 6.07) is 6.83. The molecular weight excluding hydrogens is 332 g/mol. The molecular formula is C16H23BrN2O2. The SMILES string of the molecule is COc1ccc(Br)cc1C(CN)N1CCOC2CCCC21.